The summed E-state index contributed by atoms with van der Waals surface area (Å²) >= 11 is 0. The van der Waals surface area contributed by atoms with E-state index in [0.29, 0.717) is 5.92 Å². The quantitative estimate of drug-likeness (QED) is 0.713. The van der Waals surface area contributed by atoms with Crippen molar-refractivity contribution in [2.45, 2.75) is 46.0 Å². The second kappa shape index (κ2) is 3.62. The number of oxazole rings is 1. The van der Waals surface area contributed by atoms with Gasteiger partial charge in [0.1, 0.15) is 5.52 Å². The van der Waals surface area contributed by atoms with Crippen molar-refractivity contribution in [3.63, 3.8) is 0 Å². The summed E-state index contributed by atoms with van der Waals surface area (Å²) in [4.78, 5) is 4.52. The van der Waals surface area contributed by atoms with Gasteiger partial charge in [0, 0.05) is 5.92 Å². The van der Waals surface area contributed by atoms with E-state index in [4.69, 9.17) is 4.42 Å². The maximum atomic E-state index is 5.69. The van der Waals surface area contributed by atoms with Crippen LogP contribution >= 0.6 is 0 Å². The molecule has 86 valence electrons. The molecule has 1 heterocycles. The van der Waals surface area contributed by atoms with Crippen LogP contribution in [-0.4, -0.2) is 4.98 Å². The average molecular weight is 217 g/mol. The van der Waals surface area contributed by atoms with Crippen molar-refractivity contribution >= 4 is 11.1 Å². The number of hydrogen-bond acceptors (Lipinski definition) is 2. The van der Waals surface area contributed by atoms with Crippen LogP contribution in [0.5, 0.6) is 0 Å². The van der Waals surface area contributed by atoms with E-state index in [9.17, 15) is 0 Å². The van der Waals surface area contributed by atoms with Crippen molar-refractivity contribution in [2.75, 3.05) is 0 Å². The molecule has 0 atom stereocenters. The Balaban J connectivity index is 2.54. The molecule has 2 heteroatoms. The van der Waals surface area contributed by atoms with E-state index in [0.717, 1.165) is 17.0 Å². The average Bonchev–Trinajstić information content (AvgIpc) is 2.58. The van der Waals surface area contributed by atoms with Crippen molar-refractivity contribution in [3.8, 4) is 0 Å². The van der Waals surface area contributed by atoms with Crippen LogP contribution in [0.3, 0.4) is 0 Å². The fourth-order valence-corrected chi connectivity index (χ4v) is 1.66. The molecule has 16 heavy (non-hydrogen) atoms. The molecule has 0 spiro atoms. The van der Waals surface area contributed by atoms with Gasteiger partial charge in [-0.2, -0.15) is 0 Å². The molecule has 2 rings (SSSR count). The molecule has 0 radical (unpaired) electrons. The minimum atomic E-state index is 0.158. The molecule has 0 amide bonds. The van der Waals surface area contributed by atoms with Gasteiger partial charge in [0.15, 0.2) is 11.5 Å². The van der Waals surface area contributed by atoms with Gasteiger partial charge in [0.2, 0.25) is 0 Å². The Hall–Kier alpha value is -1.31. The summed E-state index contributed by atoms with van der Waals surface area (Å²) in [6.07, 6.45) is 0. The number of benzene rings is 1. The highest BCUT2D eigenvalue weighted by atomic mass is 16.3. The minimum Gasteiger partial charge on any atom is -0.440 e. The molecular formula is C14H19NO. The van der Waals surface area contributed by atoms with E-state index in [1.165, 1.54) is 5.56 Å². The lowest BCUT2D eigenvalue weighted by molar-refractivity contribution is 0.501. The summed E-state index contributed by atoms with van der Waals surface area (Å²) in [5.74, 6) is 1.16. The number of aromatic nitrogens is 1. The van der Waals surface area contributed by atoms with Gasteiger partial charge >= 0.3 is 0 Å². The number of fused-ring (bicyclic) bond motifs is 1. The molecule has 0 saturated carbocycles. The summed E-state index contributed by atoms with van der Waals surface area (Å²) < 4.78 is 5.69. The molecule has 2 aromatic rings. The van der Waals surface area contributed by atoms with Crippen molar-refractivity contribution in [2.24, 2.45) is 0 Å². The van der Waals surface area contributed by atoms with Crippen molar-refractivity contribution in [1.82, 2.24) is 4.98 Å². The van der Waals surface area contributed by atoms with Crippen LogP contribution in [0.15, 0.2) is 22.6 Å². The second-order valence-corrected chi connectivity index (χ2v) is 5.64. The Morgan fingerprint density at radius 2 is 1.88 bits per heavy atom. The molecule has 2 nitrogen and oxygen atoms in total. The van der Waals surface area contributed by atoms with Crippen LogP contribution in [0.25, 0.3) is 11.1 Å². The minimum absolute atomic E-state index is 0.158. The predicted octanol–water partition coefficient (Wildman–Crippen LogP) is 4.25. The first-order valence-corrected chi connectivity index (χ1v) is 5.79. The monoisotopic (exact) mass is 217 g/mol. The standard InChI is InChI=1S/C14H19NO/c1-9(2)13-15-11-8-10(14(3,4)5)6-7-12(11)16-13/h6-9H,1-5H3. The van der Waals surface area contributed by atoms with Gasteiger partial charge in [0.05, 0.1) is 0 Å². The molecule has 1 aromatic heterocycles. The van der Waals surface area contributed by atoms with E-state index < -0.39 is 0 Å². The molecule has 1 aromatic carbocycles. The topological polar surface area (TPSA) is 26.0 Å². The van der Waals surface area contributed by atoms with Gasteiger partial charge < -0.3 is 4.42 Å². The Labute approximate surface area is 96.7 Å². The van der Waals surface area contributed by atoms with Crippen LogP contribution in [0, 0.1) is 0 Å². The van der Waals surface area contributed by atoms with Crippen molar-refractivity contribution in [1.29, 1.82) is 0 Å². The molecular weight excluding hydrogens is 198 g/mol. The van der Waals surface area contributed by atoms with Gasteiger partial charge in [-0.1, -0.05) is 40.7 Å². The lowest BCUT2D eigenvalue weighted by Gasteiger charge is -2.18. The van der Waals surface area contributed by atoms with Gasteiger partial charge in [-0.05, 0) is 23.1 Å². The Bertz CT molecular complexity index is 503. The lowest BCUT2D eigenvalue weighted by Crippen LogP contribution is -2.10. The van der Waals surface area contributed by atoms with Crippen molar-refractivity contribution in [3.05, 3.63) is 29.7 Å². The van der Waals surface area contributed by atoms with Gasteiger partial charge in [-0.15, -0.1) is 0 Å². The largest absolute Gasteiger partial charge is 0.440 e. The number of nitrogens with zero attached hydrogens (tertiary/aromatic N) is 1. The summed E-state index contributed by atoms with van der Waals surface area (Å²) in [5, 5.41) is 0. The van der Waals surface area contributed by atoms with Crippen LogP contribution < -0.4 is 0 Å². The molecule has 0 unspecified atom stereocenters. The Kier molecular flexibility index (Phi) is 2.53. The van der Waals surface area contributed by atoms with Crippen molar-refractivity contribution < 1.29 is 4.42 Å². The summed E-state index contributed by atoms with van der Waals surface area (Å²) in [6, 6.07) is 6.27. The highest BCUT2D eigenvalue weighted by Crippen LogP contribution is 2.27. The molecule has 0 aliphatic rings. The Morgan fingerprint density at radius 1 is 1.19 bits per heavy atom. The Morgan fingerprint density at radius 3 is 2.44 bits per heavy atom. The maximum Gasteiger partial charge on any atom is 0.198 e. The van der Waals surface area contributed by atoms with Gasteiger partial charge in [0.25, 0.3) is 0 Å². The molecule has 0 fully saturated rings. The van der Waals surface area contributed by atoms with E-state index in [1.54, 1.807) is 0 Å². The second-order valence-electron chi connectivity index (χ2n) is 5.64. The zero-order valence-electron chi connectivity index (χ0n) is 10.7. The fraction of sp³-hybridized carbons (Fsp3) is 0.500. The van der Waals surface area contributed by atoms with Crippen LogP contribution in [0.1, 0.15) is 52.0 Å². The summed E-state index contributed by atoms with van der Waals surface area (Å²) in [7, 11) is 0. The SMILES string of the molecule is CC(C)c1nc2cc(C(C)(C)C)ccc2o1. The van der Waals surface area contributed by atoms with Crippen LogP contribution in [0.4, 0.5) is 0 Å². The number of rotatable bonds is 1. The van der Waals surface area contributed by atoms with Crippen LogP contribution in [0.2, 0.25) is 0 Å². The smallest absolute Gasteiger partial charge is 0.198 e. The van der Waals surface area contributed by atoms with Gasteiger partial charge in [-0.25, -0.2) is 4.98 Å². The third-order valence-corrected chi connectivity index (χ3v) is 2.76. The first-order chi connectivity index (χ1) is 7.38. The normalized spacial score (nSPS) is 12.6. The van der Waals surface area contributed by atoms with Gasteiger partial charge in [-0.3, -0.25) is 0 Å². The zero-order chi connectivity index (χ0) is 11.9. The van der Waals surface area contributed by atoms with E-state index in [-0.39, 0.29) is 5.41 Å². The molecule has 0 aliphatic heterocycles. The molecule has 0 saturated heterocycles. The summed E-state index contributed by atoms with van der Waals surface area (Å²) in [6.45, 7) is 10.8. The number of hydrogen-bond donors (Lipinski definition) is 0. The summed E-state index contributed by atoms with van der Waals surface area (Å²) in [5.41, 5.74) is 3.31. The maximum absolute atomic E-state index is 5.69. The van der Waals surface area contributed by atoms with E-state index in [1.807, 2.05) is 6.07 Å². The first kappa shape index (κ1) is 11.2. The fourth-order valence-electron chi connectivity index (χ4n) is 1.66. The van der Waals surface area contributed by atoms with E-state index >= 15 is 0 Å². The highest BCUT2D eigenvalue weighted by Gasteiger charge is 2.16. The third kappa shape index (κ3) is 1.97. The molecule has 0 bridgehead atoms. The predicted molar refractivity (Wildman–Crippen MR) is 66.8 cm³/mol. The zero-order valence-corrected chi connectivity index (χ0v) is 10.7. The first-order valence-electron chi connectivity index (χ1n) is 5.79. The lowest BCUT2D eigenvalue weighted by atomic mass is 9.87. The molecule has 0 aliphatic carbocycles. The third-order valence-electron chi connectivity index (χ3n) is 2.76. The van der Waals surface area contributed by atoms with E-state index in [2.05, 4.69) is 51.7 Å². The highest BCUT2D eigenvalue weighted by molar-refractivity contribution is 5.73. The molecule has 0 N–H and O–H groups in total. The van der Waals surface area contributed by atoms with Crippen LogP contribution in [-0.2, 0) is 5.41 Å².